The van der Waals surface area contributed by atoms with Crippen molar-refractivity contribution in [2.75, 3.05) is 13.7 Å². The van der Waals surface area contributed by atoms with Crippen LogP contribution >= 0.6 is 0 Å². The van der Waals surface area contributed by atoms with Crippen molar-refractivity contribution in [3.63, 3.8) is 0 Å². The first-order valence-corrected chi connectivity index (χ1v) is 6.68. The molecule has 0 saturated carbocycles. The summed E-state index contributed by atoms with van der Waals surface area (Å²) in [6.45, 7) is 7.65. The van der Waals surface area contributed by atoms with Crippen molar-refractivity contribution < 1.29 is 4.39 Å². The topological polar surface area (TPSA) is 3.24 Å². The molecule has 0 fully saturated rings. The van der Waals surface area contributed by atoms with Crippen molar-refractivity contribution in [2.45, 2.75) is 34.1 Å². The maximum atomic E-state index is 13.4. The van der Waals surface area contributed by atoms with Crippen LogP contribution < -0.4 is 0 Å². The molecule has 1 aliphatic rings. The Morgan fingerprint density at radius 1 is 1.42 bits per heavy atom. The molecule has 0 saturated heterocycles. The summed E-state index contributed by atoms with van der Waals surface area (Å²) in [5.74, 6) is 0. The van der Waals surface area contributed by atoms with Gasteiger partial charge in [0, 0.05) is 30.4 Å². The fourth-order valence-corrected chi connectivity index (χ4v) is 2.13. The number of alkyl halides is 1. The van der Waals surface area contributed by atoms with Crippen molar-refractivity contribution in [3.05, 3.63) is 58.5 Å². The van der Waals surface area contributed by atoms with Gasteiger partial charge in [0.1, 0.15) is 6.67 Å². The van der Waals surface area contributed by atoms with Crippen molar-refractivity contribution >= 4 is 0 Å². The van der Waals surface area contributed by atoms with Crippen LogP contribution in [0.2, 0.25) is 0 Å². The first kappa shape index (κ1) is 15.5. The first-order valence-electron chi connectivity index (χ1n) is 6.68. The van der Waals surface area contributed by atoms with Crippen LogP contribution in [0.25, 0.3) is 0 Å². The molecule has 0 aliphatic heterocycles. The van der Waals surface area contributed by atoms with Crippen LogP contribution in [0.5, 0.6) is 0 Å². The van der Waals surface area contributed by atoms with Gasteiger partial charge in [0.15, 0.2) is 0 Å². The molecule has 0 N–H and O–H groups in total. The van der Waals surface area contributed by atoms with Gasteiger partial charge in [-0.2, -0.15) is 0 Å². The summed E-state index contributed by atoms with van der Waals surface area (Å²) >= 11 is 0. The molecule has 1 aliphatic carbocycles. The quantitative estimate of drug-likeness (QED) is 0.649. The van der Waals surface area contributed by atoms with Gasteiger partial charge in [0.05, 0.1) is 0 Å². The predicted molar refractivity (Wildman–Crippen MR) is 81.5 cm³/mol. The van der Waals surface area contributed by atoms with Gasteiger partial charge in [0.2, 0.25) is 0 Å². The SMILES string of the molecule is C/C=C/C=C(/C)N(C)C1=C(CF)C(C)=C(C)C=CC1. The predicted octanol–water partition coefficient (Wildman–Crippen LogP) is 4.92. The fraction of sp³-hybridized carbons (Fsp3) is 0.412. The minimum Gasteiger partial charge on any atom is -0.351 e. The molecule has 0 heterocycles. The van der Waals surface area contributed by atoms with Crippen LogP contribution in [0, 0.1) is 0 Å². The third kappa shape index (κ3) is 3.69. The van der Waals surface area contributed by atoms with Gasteiger partial charge in [-0.25, -0.2) is 4.39 Å². The fourth-order valence-electron chi connectivity index (χ4n) is 2.13. The molecule has 1 nitrogen and oxygen atoms in total. The average Bonchev–Trinajstić information content (AvgIpc) is 2.55. The van der Waals surface area contributed by atoms with Gasteiger partial charge in [-0.3, -0.25) is 0 Å². The van der Waals surface area contributed by atoms with E-state index in [0.717, 1.165) is 34.5 Å². The highest BCUT2D eigenvalue weighted by Gasteiger charge is 2.16. The van der Waals surface area contributed by atoms with Gasteiger partial charge < -0.3 is 4.90 Å². The Balaban J connectivity index is 3.22. The van der Waals surface area contributed by atoms with E-state index in [-0.39, 0.29) is 0 Å². The van der Waals surface area contributed by atoms with Crippen LogP contribution in [-0.4, -0.2) is 18.6 Å². The summed E-state index contributed by atoms with van der Waals surface area (Å²) in [7, 11) is 2.00. The molecule has 0 radical (unpaired) electrons. The lowest BCUT2D eigenvalue weighted by atomic mass is 10.0. The maximum Gasteiger partial charge on any atom is 0.116 e. The number of halogens is 1. The number of hydrogen-bond donors (Lipinski definition) is 0. The molecule has 0 spiro atoms. The second-order valence-electron chi connectivity index (χ2n) is 4.87. The average molecular weight is 261 g/mol. The molecule has 104 valence electrons. The van der Waals surface area contributed by atoms with E-state index in [1.165, 1.54) is 0 Å². The van der Waals surface area contributed by atoms with Crippen LogP contribution in [0.1, 0.15) is 34.1 Å². The summed E-state index contributed by atoms with van der Waals surface area (Å²) in [6, 6.07) is 0. The zero-order valence-corrected chi connectivity index (χ0v) is 12.6. The summed E-state index contributed by atoms with van der Waals surface area (Å²) in [4.78, 5) is 2.08. The van der Waals surface area contributed by atoms with E-state index in [4.69, 9.17) is 0 Å². The molecule has 1 rings (SSSR count). The zero-order chi connectivity index (χ0) is 14.4. The van der Waals surface area contributed by atoms with Crippen LogP contribution in [0.4, 0.5) is 4.39 Å². The Labute approximate surface area is 116 Å². The highest BCUT2D eigenvalue weighted by Crippen LogP contribution is 2.28. The second-order valence-corrected chi connectivity index (χ2v) is 4.87. The minimum atomic E-state index is -0.415. The van der Waals surface area contributed by atoms with Gasteiger partial charge in [-0.15, -0.1) is 0 Å². The first-order chi connectivity index (χ1) is 9.02. The summed E-state index contributed by atoms with van der Waals surface area (Å²) < 4.78 is 13.4. The van der Waals surface area contributed by atoms with Crippen molar-refractivity contribution in [1.29, 1.82) is 0 Å². The molecule has 0 amide bonds. The number of nitrogens with zero attached hydrogens (tertiary/aromatic N) is 1. The number of allylic oxidation sites excluding steroid dienone is 9. The molecule has 0 aromatic carbocycles. The maximum absolute atomic E-state index is 13.4. The summed E-state index contributed by atoms with van der Waals surface area (Å²) in [5, 5.41) is 0. The molecule has 0 aromatic rings. The Hall–Kier alpha value is -1.57. The van der Waals surface area contributed by atoms with Crippen molar-refractivity contribution in [1.82, 2.24) is 4.90 Å². The van der Waals surface area contributed by atoms with Crippen molar-refractivity contribution in [2.24, 2.45) is 0 Å². The smallest absolute Gasteiger partial charge is 0.116 e. The second kappa shape index (κ2) is 7.13. The third-order valence-electron chi connectivity index (χ3n) is 3.67. The van der Waals surface area contributed by atoms with Gasteiger partial charge >= 0.3 is 0 Å². The monoisotopic (exact) mass is 261 g/mol. The zero-order valence-electron chi connectivity index (χ0n) is 12.6. The molecule has 0 bridgehead atoms. The van der Waals surface area contributed by atoms with E-state index >= 15 is 0 Å². The van der Waals surface area contributed by atoms with E-state index in [0.29, 0.717) is 0 Å². The van der Waals surface area contributed by atoms with Gasteiger partial charge in [-0.1, -0.05) is 24.3 Å². The number of rotatable bonds is 4. The standard InChI is InChI=1S/C17H24FN/c1-6-7-10-14(3)19(5)17-11-8-9-13(2)15(4)16(17)12-18/h6-10H,11-12H2,1-5H3/b7-6+,14-10-. The molecular weight excluding hydrogens is 237 g/mol. The van der Waals surface area contributed by atoms with Crippen LogP contribution in [0.3, 0.4) is 0 Å². The van der Waals surface area contributed by atoms with Gasteiger partial charge in [0.25, 0.3) is 0 Å². The van der Waals surface area contributed by atoms with E-state index in [1.807, 2.05) is 53.0 Å². The normalized spacial score (nSPS) is 17.5. The number of hydrogen-bond acceptors (Lipinski definition) is 1. The summed E-state index contributed by atoms with van der Waals surface area (Å²) in [6.07, 6.45) is 11.0. The van der Waals surface area contributed by atoms with E-state index < -0.39 is 6.67 Å². The lowest BCUT2D eigenvalue weighted by Crippen LogP contribution is -2.18. The van der Waals surface area contributed by atoms with E-state index in [9.17, 15) is 4.39 Å². The molecular formula is C17H24FN. The lowest BCUT2D eigenvalue weighted by molar-refractivity contribution is 0.479. The Bertz CT molecular complexity index is 475. The molecule has 0 aromatic heterocycles. The lowest BCUT2D eigenvalue weighted by Gasteiger charge is -2.25. The molecule has 0 unspecified atom stereocenters. The Kier molecular flexibility index (Phi) is 5.81. The molecule has 19 heavy (non-hydrogen) atoms. The van der Waals surface area contributed by atoms with Gasteiger partial charge in [-0.05, 0) is 44.9 Å². The summed E-state index contributed by atoms with van der Waals surface area (Å²) in [5.41, 5.74) is 5.17. The Morgan fingerprint density at radius 3 is 2.68 bits per heavy atom. The van der Waals surface area contributed by atoms with Crippen LogP contribution in [-0.2, 0) is 0 Å². The third-order valence-corrected chi connectivity index (χ3v) is 3.67. The van der Waals surface area contributed by atoms with Crippen molar-refractivity contribution in [3.8, 4) is 0 Å². The highest BCUT2D eigenvalue weighted by molar-refractivity contribution is 5.44. The molecule has 2 heteroatoms. The van der Waals surface area contributed by atoms with E-state index in [2.05, 4.69) is 17.1 Å². The minimum absolute atomic E-state index is 0.415. The molecule has 0 atom stereocenters. The Morgan fingerprint density at radius 2 is 2.11 bits per heavy atom. The largest absolute Gasteiger partial charge is 0.351 e. The van der Waals surface area contributed by atoms with Crippen LogP contribution in [0.15, 0.2) is 58.5 Å². The highest BCUT2D eigenvalue weighted by atomic mass is 19.1. The van der Waals surface area contributed by atoms with E-state index in [1.54, 1.807) is 0 Å².